The van der Waals surface area contributed by atoms with Crippen molar-refractivity contribution >= 4 is 11.8 Å². The molecule has 1 unspecified atom stereocenters. The molecule has 1 atom stereocenters. The molecule has 2 aliphatic rings. The van der Waals surface area contributed by atoms with Crippen LogP contribution in [0.2, 0.25) is 0 Å². The van der Waals surface area contributed by atoms with Gasteiger partial charge in [-0.2, -0.15) is 5.10 Å². The van der Waals surface area contributed by atoms with Crippen LogP contribution in [0.3, 0.4) is 0 Å². The van der Waals surface area contributed by atoms with Gasteiger partial charge in [-0.3, -0.25) is 4.90 Å². The fourth-order valence-electron chi connectivity index (χ4n) is 3.24. The van der Waals surface area contributed by atoms with Gasteiger partial charge in [0.2, 0.25) is 0 Å². The van der Waals surface area contributed by atoms with E-state index in [4.69, 9.17) is 0 Å². The average molecular weight is 276 g/mol. The van der Waals surface area contributed by atoms with Crippen LogP contribution in [0.4, 0.5) is 5.82 Å². The molecule has 6 heteroatoms. The average Bonchev–Trinajstić information content (AvgIpc) is 2.98. The molecule has 1 aromatic heterocycles. The Bertz CT molecular complexity index is 488. The number of aromatic carboxylic acids is 1. The minimum atomic E-state index is -0.934. The lowest BCUT2D eigenvalue weighted by Crippen LogP contribution is -2.41. The molecule has 20 heavy (non-hydrogen) atoms. The number of carboxylic acid groups (broad SMARTS) is 1. The van der Waals surface area contributed by atoms with E-state index in [2.05, 4.69) is 20.0 Å². The maximum absolute atomic E-state index is 11.3. The summed E-state index contributed by atoms with van der Waals surface area (Å²) in [5, 5.41) is 17.1. The second-order valence-electron chi connectivity index (χ2n) is 5.56. The van der Waals surface area contributed by atoms with Gasteiger partial charge in [-0.15, -0.1) is 5.10 Å². The third-order valence-corrected chi connectivity index (χ3v) is 4.30. The summed E-state index contributed by atoms with van der Waals surface area (Å²) in [5.41, 5.74) is 0.249. The van der Waals surface area contributed by atoms with Gasteiger partial charge in [0, 0.05) is 19.1 Å². The van der Waals surface area contributed by atoms with Crippen molar-refractivity contribution in [3.8, 4) is 0 Å². The number of nitrogens with zero attached hydrogens (tertiary/aromatic N) is 4. The normalized spacial score (nSPS) is 24.0. The molecule has 2 saturated heterocycles. The summed E-state index contributed by atoms with van der Waals surface area (Å²) >= 11 is 0. The van der Waals surface area contributed by atoms with Gasteiger partial charge in [0.1, 0.15) is 5.56 Å². The largest absolute Gasteiger partial charge is 0.478 e. The molecule has 6 nitrogen and oxygen atoms in total. The van der Waals surface area contributed by atoms with Crippen molar-refractivity contribution in [1.82, 2.24) is 15.1 Å². The highest BCUT2D eigenvalue weighted by atomic mass is 16.4. The Morgan fingerprint density at radius 3 is 2.80 bits per heavy atom. The number of likely N-dealkylation sites (tertiary alicyclic amines) is 1. The highest BCUT2D eigenvalue weighted by Crippen LogP contribution is 2.25. The maximum Gasteiger partial charge on any atom is 0.339 e. The molecule has 3 rings (SSSR count). The van der Waals surface area contributed by atoms with Crippen molar-refractivity contribution in [3.63, 3.8) is 0 Å². The SMILES string of the molecule is O=C(O)c1ccnnc1N1CCC(N2CCCCC2)C1. The van der Waals surface area contributed by atoms with Gasteiger partial charge in [0.05, 0.1) is 6.20 Å². The minimum absolute atomic E-state index is 0.249. The lowest BCUT2D eigenvalue weighted by atomic mass is 10.1. The number of rotatable bonds is 3. The van der Waals surface area contributed by atoms with Crippen LogP contribution in [0.15, 0.2) is 12.3 Å². The third kappa shape index (κ3) is 2.60. The van der Waals surface area contributed by atoms with Gasteiger partial charge in [0.15, 0.2) is 5.82 Å². The molecular weight excluding hydrogens is 256 g/mol. The standard InChI is InChI=1S/C14H20N4O2/c19-14(20)12-4-6-15-16-13(12)18-9-5-11(10-18)17-7-2-1-3-8-17/h4,6,11H,1-3,5,7-10H2,(H,19,20). The minimum Gasteiger partial charge on any atom is -0.478 e. The Kier molecular flexibility index (Phi) is 3.82. The monoisotopic (exact) mass is 276 g/mol. The Balaban J connectivity index is 1.72. The van der Waals surface area contributed by atoms with Gasteiger partial charge in [-0.05, 0) is 38.4 Å². The predicted molar refractivity (Wildman–Crippen MR) is 75.0 cm³/mol. The molecule has 0 bridgehead atoms. The molecule has 1 aromatic rings. The number of carboxylic acids is 1. The number of aromatic nitrogens is 2. The molecule has 0 amide bonds. The van der Waals surface area contributed by atoms with Gasteiger partial charge in [-0.25, -0.2) is 4.79 Å². The molecule has 0 radical (unpaired) electrons. The molecule has 1 N–H and O–H groups in total. The maximum atomic E-state index is 11.3. The molecular formula is C14H20N4O2. The Morgan fingerprint density at radius 1 is 1.25 bits per heavy atom. The number of hydrogen-bond acceptors (Lipinski definition) is 5. The molecule has 3 heterocycles. The molecule has 2 aliphatic heterocycles. The van der Waals surface area contributed by atoms with Crippen molar-refractivity contribution in [1.29, 1.82) is 0 Å². The summed E-state index contributed by atoms with van der Waals surface area (Å²) < 4.78 is 0. The van der Waals surface area contributed by atoms with Crippen LogP contribution in [0, 0.1) is 0 Å². The predicted octanol–water partition coefficient (Wildman–Crippen LogP) is 1.24. The number of piperidine rings is 1. The first-order valence-corrected chi connectivity index (χ1v) is 7.29. The van der Waals surface area contributed by atoms with Crippen LogP contribution >= 0.6 is 0 Å². The molecule has 108 valence electrons. The fourth-order valence-corrected chi connectivity index (χ4v) is 3.24. The van der Waals surface area contributed by atoms with Crippen molar-refractivity contribution < 1.29 is 9.90 Å². The lowest BCUT2D eigenvalue weighted by Gasteiger charge is -2.32. The first kappa shape index (κ1) is 13.3. The van der Waals surface area contributed by atoms with Crippen LogP contribution in [-0.2, 0) is 0 Å². The zero-order valence-corrected chi connectivity index (χ0v) is 11.5. The fraction of sp³-hybridized carbons (Fsp3) is 0.643. The Morgan fingerprint density at radius 2 is 2.05 bits per heavy atom. The number of anilines is 1. The van der Waals surface area contributed by atoms with E-state index in [1.807, 2.05) is 0 Å². The van der Waals surface area contributed by atoms with Crippen LogP contribution in [-0.4, -0.2) is 58.4 Å². The second kappa shape index (κ2) is 5.75. The first-order valence-electron chi connectivity index (χ1n) is 7.29. The zero-order valence-electron chi connectivity index (χ0n) is 11.5. The Hall–Kier alpha value is -1.69. The van der Waals surface area contributed by atoms with Gasteiger partial charge >= 0.3 is 5.97 Å². The zero-order chi connectivity index (χ0) is 13.9. The molecule has 0 saturated carbocycles. The molecule has 0 aromatic carbocycles. The van der Waals surface area contributed by atoms with E-state index in [0.717, 1.165) is 19.5 Å². The summed E-state index contributed by atoms with van der Waals surface area (Å²) in [4.78, 5) is 15.9. The van der Waals surface area contributed by atoms with E-state index in [1.54, 1.807) is 0 Å². The highest BCUT2D eigenvalue weighted by molar-refractivity contribution is 5.93. The van der Waals surface area contributed by atoms with Gasteiger partial charge in [0.25, 0.3) is 0 Å². The summed E-state index contributed by atoms with van der Waals surface area (Å²) in [6, 6.07) is 2.05. The lowest BCUT2D eigenvalue weighted by molar-refractivity contribution is 0.0697. The van der Waals surface area contributed by atoms with E-state index in [0.29, 0.717) is 11.9 Å². The van der Waals surface area contributed by atoms with E-state index in [9.17, 15) is 9.90 Å². The van der Waals surface area contributed by atoms with Crippen LogP contribution in [0.25, 0.3) is 0 Å². The van der Waals surface area contributed by atoms with E-state index >= 15 is 0 Å². The summed E-state index contributed by atoms with van der Waals surface area (Å²) in [5.74, 6) is -0.421. The number of carbonyl (C=O) groups is 1. The van der Waals surface area contributed by atoms with E-state index < -0.39 is 5.97 Å². The smallest absolute Gasteiger partial charge is 0.339 e. The van der Waals surface area contributed by atoms with Gasteiger partial charge < -0.3 is 10.0 Å². The van der Waals surface area contributed by atoms with E-state index in [-0.39, 0.29) is 5.56 Å². The van der Waals surface area contributed by atoms with Crippen LogP contribution in [0.1, 0.15) is 36.0 Å². The molecule has 2 fully saturated rings. The summed E-state index contributed by atoms with van der Waals surface area (Å²) in [6.07, 6.45) is 6.41. The van der Waals surface area contributed by atoms with Crippen LogP contribution in [0.5, 0.6) is 0 Å². The highest BCUT2D eigenvalue weighted by Gasteiger charge is 2.31. The first-order chi connectivity index (χ1) is 9.75. The molecule has 0 aliphatic carbocycles. The summed E-state index contributed by atoms with van der Waals surface area (Å²) in [7, 11) is 0. The Labute approximate surface area is 118 Å². The third-order valence-electron chi connectivity index (χ3n) is 4.30. The van der Waals surface area contributed by atoms with Crippen molar-refractivity contribution in [2.45, 2.75) is 31.7 Å². The second-order valence-corrected chi connectivity index (χ2v) is 5.56. The van der Waals surface area contributed by atoms with Crippen LogP contribution < -0.4 is 4.90 Å². The molecule has 0 spiro atoms. The van der Waals surface area contributed by atoms with Gasteiger partial charge in [-0.1, -0.05) is 6.42 Å². The van der Waals surface area contributed by atoms with Crippen molar-refractivity contribution in [2.75, 3.05) is 31.1 Å². The quantitative estimate of drug-likeness (QED) is 0.895. The topological polar surface area (TPSA) is 69.6 Å². The van der Waals surface area contributed by atoms with E-state index in [1.165, 1.54) is 44.6 Å². The van der Waals surface area contributed by atoms with Crippen molar-refractivity contribution in [3.05, 3.63) is 17.8 Å². The van der Waals surface area contributed by atoms with Crippen molar-refractivity contribution in [2.24, 2.45) is 0 Å². The number of hydrogen-bond donors (Lipinski definition) is 1. The summed E-state index contributed by atoms with van der Waals surface area (Å²) in [6.45, 7) is 4.06.